The van der Waals surface area contributed by atoms with Crippen LogP contribution in [0.15, 0.2) is 24.5 Å². The molecule has 1 saturated heterocycles. The van der Waals surface area contributed by atoms with Crippen molar-refractivity contribution in [1.29, 1.82) is 0 Å². The van der Waals surface area contributed by atoms with Crippen molar-refractivity contribution in [2.75, 3.05) is 18.5 Å². The molecular formula is C17H22N6O. The first-order chi connectivity index (χ1) is 11.7. The van der Waals surface area contributed by atoms with Crippen LogP contribution >= 0.6 is 0 Å². The number of rotatable bonds is 5. The van der Waals surface area contributed by atoms with Crippen molar-refractivity contribution >= 4 is 11.9 Å². The molecule has 7 nitrogen and oxygen atoms in total. The van der Waals surface area contributed by atoms with Gasteiger partial charge < -0.3 is 10.2 Å². The van der Waals surface area contributed by atoms with Crippen molar-refractivity contribution in [2.24, 2.45) is 0 Å². The Morgan fingerprint density at radius 3 is 2.88 bits per heavy atom. The van der Waals surface area contributed by atoms with Crippen LogP contribution in [0.1, 0.15) is 42.5 Å². The monoisotopic (exact) mass is 326 g/mol. The molecule has 1 amide bonds. The summed E-state index contributed by atoms with van der Waals surface area (Å²) in [4.78, 5) is 31.7. The van der Waals surface area contributed by atoms with Crippen LogP contribution in [-0.2, 0) is 11.2 Å². The van der Waals surface area contributed by atoms with E-state index in [9.17, 15) is 4.79 Å². The van der Waals surface area contributed by atoms with E-state index in [4.69, 9.17) is 4.98 Å². The smallest absolute Gasteiger partial charge is 0.225 e. The van der Waals surface area contributed by atoms with Crippen LogP contribution in [0.25, 0.3) is 0 Å². The van der Waals surface area contributed by atoms with Crippen molar-refractivity contribution < 1.29 is 4.79 Å². The number of amides is 1. The summed E-state index contributed by atoms with van der Waals surface area (Å²) in [5.41, 5.74) is 1.83. The van der Waals surface area contributed by atoms with Gasteiger partial charge in [0.2, 0.25) is 11.9 Å². The molecule has 1 aliphatic heterocycles. The van der Waals surface area contributed by atoms with E-state index >= 15 is 0 Å². The van der Waals surface area contributed by atoms with Gasteiger partial charge in [-0.1, -0.05) is 0 Å². The van der Waals surface area contributed by atoms with E-state index in [-0.39, 0.29) is 11.9 Å². The second kappa shape index (κ2) is 7.33. The third-order valence-corrected chi connectivity index (χ3v) is 4.17. The highest BCUT2D eigenvalue weighted by atomic mass is 16.1. The van der Waals surface area contributed by atoms with Gasteiger partial charge in [-0.15, -0.1) is 0 Å². The zero-order valence-corrected chi connectivity index (χ0v) is 14.1. The second-order valence-electron chi connectivity index (χ2n) is 5.93. The summed E-state index contributed by atoms with van der Waals surface area (Å²) in [6, 6.07) is 3.85. The Kier molecular flexibility index (Phi) is 4.98. The Hall–Kier alpha value is -2.57. The molecule has 1 unspecified atom stereocenters. The minimum absolute atomic E-state index is 0.0213. The molecule has 0 aromatic carbocycles. The number of hydrogen-bond acceptors (Lipinski definition) is 6. The number of nitrogens with one attached hydrogen (secondary N) is 1. The molecule has 3 rings (SSSR count). The number of hydrogen-bond donors (Lipinski definition) is 1. The van der Waals surface area contributed by atoms with Gasteiger partial charge in [-0.05, 0) is 38.3 Å². The average molecular weight is 326 g/mol. The molecule has 1 atom stereocenters. The fraction of sp³-hybridized carbons (Fsp3) is 0.471. The highest BCUT2D eigenvalue weighted by molar-refractivity contribution is 5.75. The number of nitrogens with zero attached hydrogens (tertiary/aromatic N) is 5. The predicted molar refractivity (Wildman–Crippen MR) is 90.5 cm³/mol. The molecule has 0 aliphatic carbocycles. The number of aryl methyl sites for hydroxylation is 2. The topological polar surface area (TPSA) is 83.9 Å². The van der Waals surface area contributed by atoms with Gasteiger partial charge in [0.1, 0.15) is 0 Å². The van der Waals surface area contributed by atoms with Crippen LogP contribution in [0.4, 0.5) is 5.95 Å². The van der Waals surface area contributed by atoms with Gasteiger partial charge >= 0.3 is 0 Å². The van der Waals surface area contributed by atoms with E-state index < -0.39 is 0 Å². The molecular weight excluding hydrogens is 304 g/mol. The van der Waals surface area contributed by atoms with E-state index in [0.29, 0.717) is 12.8 Å². The first kappa shape index (κ1) is 16.3. The first-order valence-corrected chi connectivity index (χ1v) is 8.26. The van der Waals surface area contributed by atoms with Gasteiger partial charge in [0.25, 0.3) is 0 Å². The highest BCUT2D eigenvalue weighted by Gasteiger charge is 2.30. The standard InChI is InChI=1S/C17H22N6O/c1-12-11-13(6-7-15(24)18-2)22-16(21-12)14-5-3-10-23(14)17-19-8-4-9-20-17/h4,8-9,11,14H,3,5-7,10H2,1-2H3,(H,18,24). The minimum atomic E-state index is 0.0213. The van der Waals surface area contributed by atoms with Crippen LogP contribution in [0.5, 0.6) is 0 Å². The highest BCUT2D eigenvalue weighted by Crippen LogP contribution is 2.32. The predicted octanol–water partition coefficient (Wildman–Crippen LogP) is 1.60. The van der Waals surface area contributed by atoms with E-state index in [2.05, 4.69) is 25.2 Å². The third kappa shape index (κ3) is 3.67. The van der Waals surface area contributed by atoms with Crippen LogP contribution in [0.3, 0.4) is 0 Å². The Bertz CT molecular complexity index is 705. The van der Waals surface area contributed by atoms with Gasteiger partial charge in [-0.3, -0.25) is 4.79 Å². The molecule has 7 heteroatoms. The Labute approximate surface area is 141 Å². The van der Waals surface area contributed by atoms with Gasteiger partial charge in [0.15, 0.2) is 5.82 Å². The zero-order valence-electron chi connectivity index (χ0n) is 14.1. The van der Waals surface area contributed by atoms with Gasteiger partial charge in [0.05, 0.1) is 6.04 Å². The van der Waals surface area contributed by atoms with E-state index in [0.717, 1.165) is 42.5 Å². The zero-order chi connectivity index (χ0) is 16.9. The molecule has 1 aliphatic rings. The molecule has 0 bridgehead atoms. The van der Waals surface area contributed by atoms with E-state index in [1.807, 2.05) is 19.1 Å². The van der Waals surface area contributed by atoms with Crippen LogP contribution in [0.2, 0.25) is 0 Å². The molecule has 0 radical (unpaired) electrons. The Morgan fingerprint density at radius 1 is 1.33 bits per heavy atom. The molecule has 24 heavy (non-hydrogen) atoms. The number of carbonyl (C=O) groups is 1. The summed E-state index contributed by atoms with van der Waals surface area (Å²) < 4.78 is 0. The maximum atomic E-state index is 11.5. The lowest BCUT2D eigenvalue weighted by Gasteiger charge is -2.23. The minimum Gasteiger partial charge on any atom is -0.359 e. The lowest BCUT2D eigenvalue weighted by Crippen LogP contribution is -2.26. The molecule has 1 fully saturated rings. The normalized spacial score (nSPS) is 17.1. The first-order valence-electron chi connectivity index (χ1n) is 8.26. The SMILES string of the molecule is CNC(=O)CCc1cc(C)nc(C2CCCN2c2ncccn2)n1. The summed E-state index contributed by atoms with van der Waals surface area (Å²) in [5.74, 6) is 1.54. The van der Waals surface area contributed by atoms with Gasteiger partial charge in [0, 0.05) is 43.8 Å². The summed E-state index contributed by atoms with van der Waals surface area (Å²) >= 11 is 0. The maximum absolute atomic E-state index is 11.5. The van der Waals surface area contributed by atoms with Crippen molar-refractivity contribution in [3.05, 3.63) is 41.7 Å². The summed E-state index contributed by atoms with van der Waals surface area (Å²) in [6.07, 6.45) is 6.60. The van der Waals surface area contributed by atoms with Crippen LogP contribution in [-0.4, -0.2) is 39.4 Å². The largest absolute Gasteiger partial charge is 0.359 e. The molecule has 2 aromatic rings. The second-order valence-corrected chi connectivity index (χ2v) is 5.93. The molecule has 3 heterocycles. The lowest BCUT2D eigenvalue weighted by atomic mass is 10.1. The average Bonchev–Trinajstić information content (AvgIpc) is 3.09. The van der Waals surface area contributed by atoms with Crippen LogP contribution < -0.4 is 10.2 Å². The number of anilines is 1. The van der Waals surface area contributed by atoms with Crippen molar-refractivity contribution in [3.8, 4) is 0 Å². The van der Waals surface area contributed by atoms with Crippen LogP contribution in [0, 0.1) is 6.92 Å². The number of carbonyl (C=O) groups excluding carboxylic acids is 1. The van der Waals surface area contributed by atoms with Crippen molar-refractivity contribution in [2.45, 2.75) is 38.6 Å². The van der Waals surface area contributed by atoms with Crippen molar-refractivity contribution in [1.82, 2.24) is 25.3 Å². The fourth-order valence-electron chi connectivity index (χ4n) is 3.02. The molecule has 2 aromatic heterocycles. The lowest BCUT2D eigenvalue weighted by molar-refractivity contribution is -0.120. The maximum Gasteiger partial charge on any atom is 0.225 e. The summed E-state index contributed by atoms with van der Waals surface area (Å²) in [7, 11) is 1.65. The Morgan fingerprint density at radius 2 is 2.12 bits per heavy atom. The summed E-state index contributed by atoms with van der Waals surface area (Å²) in [5, 5.41) is 2.64. The molecule has 0 saturated carbocycles. The number of aromatic nitrogens is 4. The van der Waals surface area contributed by atoms with E-state index in [1.165, 1.54) is 0 Å². The Balaban J connectivity index is 1.82. The van der Waals surface area contributed by atoms with Gasteiger partial charge in [-0.25, -0.2) is 19.9 Å². The molecule has 126 valence electrons. The fourth-order valence-corrected chi connectivity index (χ4v) is 3.02. The quantitative estimate of drug-likeness (QED) is 0.898. The molecule has 1 N–H and O–H groups in total. The molecule has 0 spiro atoms. The van der Waals surface area contributed by atoms with Gasteiger partial charge in [-0.2, -0.15) is 0 Å². The van der Waals surface area contributed by atoms with E-state index in [1.54, 1.807) is 19.4 Å². The third-order valence-electron chi connectivity index (χ3n) is 4.17. The summed E-state index contributed by atoms with van der Waals surface area (Å²) in [6.45, 7) is 2.87. The van der Waals surface area contributed by atoms with Crippen molar-refractivity contribution in [3.63, 3.8) is 0 Å².